The molecule has 0 fully saturated rings. The van der Waals surface area contributed by atoms with Crippen LogP contribution < -0.4 is 10.5 Å². The summed E-state index contributed by atoms with van der Waals surface area (Å²) in [5, 5.41) is 3.83. The van der Waals surface area contributed by atoms with Crippen LogP contribution in [-0.4, -0.2) is 10.1 Å². The van der Waals surface area contributed by atoms with Crippen molar-refractivity contribution < 1.29 is 13.7 Å². The lowest BCUT2D eigenvalue weighted by Gasteiger charge is -2.03. The van der Waals surface area contributed by atoms with E-state index in [1.165, 1.54) is 12.1 Å². The molecule has 0 spiro atoms. The van der Waals surface area contributed by atoms with Crippen LogP contribution in [0, 0.1) is 5.82 Å². The first kappa shape index (κ1) is 13.1. The summed E-state index contributed by atoms with van der Waals surface area (Å²) in [5.41, 5.74) is 6.95. The van der Waals surface area contributed by atoms with Crippen LogP contribution in [0.15, 0.2) is 53.1 Å². The molecule has 0 aliphatic heterocycles. The van der Waals surface area contributed by atoms with Crippen molar-refractivity contribution in [3.8, 4) is 17.1 Å². The molecule has 2 N–H and O–H groups in total. The van der Waals surface area contributed by atoms with E-state index >= 15 is 0 Å². The van der Waals surface area contributed by atoms with Gasteiger partial charge in [-0.25, -0.2) is 4.39 Å². The van der Waals surface area contributed by atoms with Crippen molar-refractivity contribution >= 4 is 5.69 Å². The molecule has 0 aliphatic carbocycles. The van der Waals surface area contributed by atoms with Gasteiger partial charge in [0.15, 0.2) is 6.61 Å². The Balaban J connectivity index is 1.69. The van der Waals surface area contributed by atoms with E-state index in [-0.39, 0.29) is 12.4 Å². The van der Waals surface area contributed by atoms with Crippen molar-refractivity contribution in [3.63, 3.8) is 0 Å². The normalized spacial score (nSPS) is 10.5. The lowest BCUT2D eigenvalue weighted by molar-refractivity contribution is 0.243. The highest BCUT2D eigenvalue weighted by Crippen LogP contribution is 2.18. The SMILES string of the molecule is Nc1cccc(OCc2nc(-c3ccc(F)cc3)no2)c1. The average Bonchev–Trinajstić information content (AvgIpc) is 2.95. The summed E-state index contributed by atoms with van der Waals surface area (Å²) in [6.07, 6.45) is 0. The summed E-state index contributed by atoms with van der Waals surface area (Å²) >= 11 is 0. The number of rotatable bonds is 4. The first-order valence-corrected chi connectivity index (χ1v) is 6.27. The van der Waals surface area contributed by atoms with Crippen molar-refractivity contribution in [3.05, 3.63) is 60.2 Å². The minimum atomic E-state index is -0.313. The average molecular weight is 285 g/mol. The fourth-order valence-electron chi connectivity index (χ4n) is 1.78. The molecule has 0 atom stereocenters. The van der Waals surface area contributed by atoms with Crippen molar-refractivity contribution in [1.82, 2.24) is 10.1 Å². The Hall–Kier alpha value is -2.89. The Morgan fingerprint density at radius 1 is 1.14 bits per heavy atom. The zero-order valence-electron chi connectivity index (χ0n) is 11.0. The molecular formula is C15H12FN3O2. The van der Waals surface area contributed by atoms with Crippen LogP contribution in [0.5, 0.6) is 5.75 Å². The van der Waals surface area contributed by atoms with Gasteiger partial charge in [-0.2, -0.15) is 4.98 Å². The van der Waals surface area contributed by atoms with Gasteiger partial charge < -0.3 is 15.0 Å². The van der Waals surface area contributed by atoms with Gasteiger partial charge in [-0.1, -0.05) is 11.2 Å². The number of nitrogen functional groups attached to an aromatic ring is 1. The number of nitrogens with zero attached hydrogens (tertiary/aromatic N) is 2. The highest BCUT2D eigenvalue weighted by molar-refractivity contribution is 5.53. The van der Waals surface area contributed by atoms with Gasteiger partial charge in [-0.3, -0.25) is 0 Å². The Morgan fingerprint density at radius 3 is 2.71 bits per heavy atom. The van der Waals surface area contributed by atoms with Gasteiger partial charge in [-0.15, -0.1) is 0 Å². The standard InChI is InChI=1S/C15H12FN3O2/c16-11-6-4-10(5-7-11)15-18-14(21-19-15)9-20-13-3-1-2-12(17)8-13/h1-8H,9,17H2. The smallest absolute Gasteiger partial charge is 0.264 e. The van der Waals surface area contributed by atoms with E-state index in [4.69, 9.17) is 15.0 Å². The Labute approximate surface area is 120 Å². The summed E-state index contributed by atoms with van der Waals surface area (Å²) < 4.78 is 23.4. The lowest BCUT2D eigenvalue weighted by Crippen LogP contribution is -1.96. The Bertz CT molecular complexity index is 741. The fourth-order valence-corrected chi connectivity index (χ4v) is 1.78. The predicted octanol–water partition coefficient (Wildman–Crippen LogP) is 3.04. The quantitative estimate of drug-likeness (QED) is 0.746. The number of halogens is 1. The molecule has 2 aromatic carbocycles. The maximum Gasteiger partial charge on any atom is 0.264 e. The third-order valence-electron chi connectivity index (χ3n) is 2.79. The molecule has 0 saturated heterocycles. The fraction of sp³-hybridized carbons (Fsp3) is 0.0667. The second-order valence-electron chi connectivity index (χ2n) is 4.38. The van der Waals surface area contributed by atoms with Gasteiger partial charge in [-0.05, 0) is 36.4 Å². The minimum absolute atomic E-state index is 0.137. The number of benzene rings is 2. The van der Waals surface area contributed by atoms with Crippen LogP contribution >= 0.6 is 0 Å². The Morgan fingerprint density at radius 2 is 1.95 bits per heavy atom. The molecule has 0 radical (unpaired) electrons. The summed E-state index contributed by atoms with van der Waals surface area (Å²) in [6.45, 7) is 0.137. The first-order valence-electron chi connectivity index (χ1n) is 6.27. The van der Waals surface area contributed by atoms with Gasteiger partial charge >= 0.3 is 0 Å². The second-order valence-corrected chi connectivity index (χ2v) is 4.38. The Kier molecular flexibility index (Phi) is 3.51. The van der Waals surface area contributed by atoms with Crippen LogP contribution in [0.4, 0.5) is 10.1 Å². The maximum atomic E-state index is 12.9. The van der Waals surface area contributed by atoms with Crippen LogP contribution in [-0.2, 0) is 6.61 Å². The number of aromatic nitrogens is 2. The van der Waals surface area contributed by atoms with E-state index in [1.54, 1.807) is 36.4 Å². The van der Waals surface area contributed by atoms with Crippen molar-refractivity contribution in [2.75, 3.05) is 5.73 Å². The van der Waals surface area contributed by atoms with Gasteiger partial charge in [0.1, 0.15) is 11.6 Å². The van der Waals surface area contributed by atoms with Crippen LogP contribution in [0.1, 0.15) is 5.89 Å². The molecular weight excluding hydrogens is 273 g/mol. The molecule has 5 nitrogen and oxygen atoms in total. The molecule has 21 heavy (non-hydrogen) atoms. The summed E-state index contributed by atoms with van der Waals surface area (Å²) in [5.74, 6) is 1.03. The lowest BCUT2D eigenvalue weighted by atomic mass is 10.2. The molecule has 106 valence electrons. The number of ether oxygens (including phenoxy) is 1. The highest BCUT2D eigenvalue weighted by Gasteiger charge is 2.09. The van der Waals surface area contributed by atoms with Gasteiger partial charge in [0.25, 0.3) is 5.89 Å². The summed E-state index contributed by atoms with van der Waals surface area (Å²) in [6, 6.07) is 12.9. The highest BCUT2D eigenvalue weighted by atomic mass is 19.1. The second kappa shape index (κ2) is 5.62. The third kappa shape index (κ3) is 3.17. The monoisotopic (exact) mass is 285 g/mol. The molecule has 0 unspecified atom stereocenters. The van der Waals surface area contributed by atoms with Crippen molar-refractivity contribution in [1.29, 1.82) is 0 Å². The number of hydrogen-bond acceptors (Lipinski definition) is 5. The summed E-state index contributed by atoms with van der Waals surface area (Å²) in [4.78, 5) is 4.19. The zero-order chi connectivity index (χ0) is 14.7. The van der Waals surface area contributed by atoms with Gasteiger partial charge in [0.05, 0.1) is 0 Å². The third-order valence-corrected chi connectivity index (χ3v) is 2.79. The molecule has 0 bridgehead atoms. The number of hydrogen-bond donors (Lipinski definition) is 1. The first-order chi connectivity index (χ1) is 10.2. The summed E-state index contributed by atoms with van der Waals surface area (Å²) in [7, 11) is 0. The van der Waals surface area contributed by atoms with Crippen LogP contribution in [0.25, 0.3) is 11.4 Å². The van der Waals surface area contributed by atoms with E-state index < -0.39 is 0 Å². The maximum absolute atomic E-state index is 12.9. The number of nitrogens with two attached hydrogens (primary N) is 1. The van der Waals surface area contributed by atoms with E-state index in [9.17, 15) is 4.39 Å². The van der Waals surface area contributed by atoms with Crippen LogP contribution in [0.3, 0.4) is 0 Å². The molecule has 3 aromatic rings. The van der Waals surface area contributed by atoms with E-state index in [2.05, 4.69) is 10.1 Å². The minimum Gasteiger partial charge on any atom is -0.484 e. The van der Waals surface area contributed by atoms with Crippen molar-refractivity contribution in [2.24, 2.45) is 0 Å². The van der Waals surface area contributed by atoms with E-state index in [0.29, 0.717) is 28.7 Å². The molecule has 0 saturated carbocycles. The number of anilines is 1. The molecule has 0 aliphatic rings. The van der Waals surface area contributed by atoms with Gasteiger partial charge in [0.2, 0.25) is 5.82 Å². The topological polar surface area (TPSA) is 74.2 Å². The molecule has 1 heterocycles. The molecule has 3 rings (SSSR count). The zero-order valence-corrected chi connectivity index (χ0v) is 11.0. The molecule has 6 heteroatoms. The molecule has 0 amide bonds. The van der Waals surface area contributed by atoms with E-state index in [0.717, 1.165) is 0 Å². The van der Waals surface area contributed by atoms with Gasteiger partial charge in [0, 0.05) is 17.3 Å². The largest absolute Gasteiger partial charge is 0.484 e. The van der Waals surface area contributed by atoms with Crippen molar-refractivity contribution in [2.45, 2.75) is 6.61 Å². The molecule has 1 aromatic heterocycles. The predicted molar refractivity (Wildman–Crippen MR) is 74.9 cm³/mol. The van der Waals surface area contributed by atoms with Crippen LogP contribution in [0.2, 0.25) is 0 Å². The van der Waals surface area contributed by atoms with E-state index in [1.807, 2.05) is 0 Å².